The average molecular weight is 291 g/mol. The first-order valence-electron chi connectivity index (χ1n) is 2.45. The molecule has 0 spiro atoms. The van der Waals surface area contributed by atoms with Crippen molar-refractivity contribution in [2.45, 2.75) is 4.90 Å². The van der Waals surface area contributed by atoms with Crippen LogP contribution in [0.2, 0.25) is 0 Å². The topological polar surface area (TPSA) is 12.9 Å². The highest BCUT2D eigenvalue weighted by Gasteiger charge is 2.11. The summed E-state index contributed by atoms with van der Waals surface area (Å²) >= 11 is 1.69. The monoisotopic (exact) mass is 291 g/mol. The molecular formula is C5HF3INS. The molecule has 60 valence electrons. The molecule has 0 amide bonds. The number of halogens is 4. The molecule has 1 nitrogen and oxygen atoms in total. The van der Waals surface area contributed by atoms with Gasteiger partial charge in [-0.25, -0.2) is 4.39 Å². The van der Waals surface area contributed by atoms with Gasteiger partial charge in [0, 0.05) is 27.3 Å². The standard InChI is InChI=1S/C5HF3INS/c6-2-1-3(7)10-5(8)4(2)11-9/h1H. The molecule has 0 aromatic carbocycles. The fraction of sp³-hybridized carbons (Fsp3) is 0. The van der Waals surface area contributed by atoms with Crippen LogP contribution in [-0.2, 0) is 0 Å². The van der Waals surface area contributed by atoms with Gasteiger partial charge in [0.25, 0.3) is 0 Å². The second kappa shape index (κ2) is 3.61. The molecule has 0 aliphatic carbocycles. The molecule has 1 aromatic heterocycles. The third kappa shape index (κ3) is 1.98. The molecule has 0 aliphatic heterocycles. The van der Waals surface area contributed by atoms with E-state index in [1.165, 1.54) is 0 Å². The lowest BCUT2D eigenvalue weighted by Gasteiger charge is -1.97. The number of hydrogen-bond donors (Lipinski definition) is 0. The van der Waals surface area contributed by atoms with Crippen LogP contribution >= 0.6 is 30.1 Å². The number of hydrogen-bond acceptors (Lipinski definition) is 2. The normalized spacial score (nSPS) is 10.2. The van der Waals surface area contributed by atoms with Gasteiger partial charge in [-0.2, -0.15) is 13.8 Å². The number of nitrogens with zero attached hydrogens (tertiary/aromatic N) is 1. The minimum absolute atomic E-state index is 0.271. The quantitative estimate of drug-likeness (QED) is 0.583. The van der Waals surface area contributed by atoms with Crippen molar-refractivity contribution < 1.29 is 13.2 Å². The molecular weight excluding hydrogens is 290 g/mol. The Morgan fingerprint density at radius 3 is 2.45 bits per heavy atom. The maximum Gasteiger partial charge on any atom is 0.233 e. The molecule has 0 radical (unpaired) electrons. The largest absolute Gasteiger partial charge is 0.233 e. The van der Waals surface area contributed by atoms with Crippen molar-refractivity contribution in [3.05, 3.63) is 23.8 Å². The van der Waals surface area contributed by atoms with Crippen molar-refractivity contribution in [2.24, 2.45) is 0 Å². The number of aromatic nitrogens is 1. The molecule has 0 saturated heterocycles. The van der Waals surface area contributed by atoms with Crippen LogP contribution in [0.1, 0.15) is 0 Å². The van der Waals surface area contributed by atoms with Crippen LogP contribution < -0.4 is 0 Å². The minimum atomic E-state index is -1.14. The Morgan fingerprint density at radius 1 is 1.36 bits per heavy atom. The Morgan fingerprint density at radius 2 is 2.00 bits per heavy atom. The lowest BCUT2D eigenvalue weighted by molar-refractivity contribution is 0.459. The summed E-state index contributed by atoms with van der Waals surface area (Å²) in [6.45, 7) is 0. The molecule has 1 rings (SSSR count). The molecule has 0 unspecified atom stereocenters. The SMILES string of the molecule is Fc1cc(F)c(SI)c(F)n1. The van der Waals surface area contributed by atoms with Gasteiger partial charge >= 0.3 is 0 Å². The van der Waals surface area contributed by atoms with Crippen LogP contribution in [0.15, 0.2) is 11.0 Å². The van der Waals surface area contributed by atoms with E-state index in [1.54, 1.807) is 21.2 Å². The summed E-state index contributed by atoms with van der Waals surface area (Å²) in [5, 5.41) is 0. The summed E-state index contributed by atoms with van der Waals surface area (Å²) < 4.78 is 37.2. The number of pyridine rings is 1. The molecule has 1 heterocycles. The molecule has 0 bridgehead atoms. The zero-order chi connectivity index (χ0) is 8.43. The van der Waals surface area contributed by atoms with Crippen LogP contribution in [0.4, 0.5) is 13.2 Å². The van der Waals surface area contributed by atoms with E-state index >= 15 is 0 Å². The highest BCUT2D eigenvalue weighted by molar-refractivity contribution is 14.2. The Balaban J connectivity index is 3.25. The minimum Gasteiger partial charge on any atom is -0.205 e. The van der Waals surface area contributed by atoms with Crippen molar-refractivity contribution >= 4 is 30.1 Å². The van der Waals surface area contributed by atoms with Crippen LogP contribution in [0.25, 0.3) is 0 Å². The fourth-order valence-electron chi connectivity index (χ4n) is 0.514. The molecule has 0 aliphatic rings. The van der Waals surface area contributed by atoms with Gasteiger partial charge in [-0.05, 0) is 8.93 Å². The van der Waals surface area contributed by atoms with E-state index < -0.39 is 17.7 Å². The second-order valence-corrected chi connectivity index (χ2v) is 3.51. The molecule has 0 fully saturated rings. The highest BCUT2D eigenvalue weighted by Crippen LogP contribution is 2.29. The van der Waals surface area contributed by atoms with Crippen LogP contribution in [0.3, 0.4) is 0 Å². The van der Waals surface area contributed by atoms with E-state index in [9.17, 15) is 13.2 Å². The first-order valence-corrected chi connectivity index (χ1v) is 5.81. The van der Waals surface area contributed by atoms with E-state index in [2.05, 4.69) is 4.98 Å². The summed E-state index contributed by atoms with van der Waals surface area (Å²) in [5.74, 6) is -3.18. The molecule has 1 aromatic rings. The van der Waals surface area contributed by atoms with Gasteiger partial charge in [0.05, 0.1) is 0 Å². The summed E-state index contributed by atoms with van der Waals surface area (Å²) in [4.78, 5) is 2.53. The van der Waals surface area contributed by atoms with E-state index in [-0.39, 0.29) is 4.90 Å². The van der Waals surface area contributed by atoms with E-state index in [0.29, 0.717) is 6.07 Å². The maximum atomic E-state index is 12.6. The molecule has 6 heteroatoms. The van der Waals surface area contributed by atoms with Gasteiger partial charge in [0.1, 0.15) is 10.7 Å². The van der Waals surface area contributed by atoms with Crippen molar-refractivity contribution in [1.82, 2.24) is 4.98 Å². The van der Waals surface area contributed by atoms with Gasteiger partial charge in [-0.3, -0.25) is 0 Å². The fourth-order valence-corrected chi connectivity index (χ4v) is 1.93. The average Bonchev–Trinajstić information content (AvgIpc) is 1.85. The summed E-state index contributed by atoms with van der Waals surface area (Å²) in [6, 6.07) is 0.546. The van der Waals surface area contributed by atoms with Gasteiger partial charge in [0.2, 0.25) is 11.9 Å². The van der Waals surface area contributed by atoms with Crippen LogP contribution in [0.5, 0.6) is 0 Å². The van der Waals surface area contributed by atoms with Gasteiger partial charge < -0.3 is 0 Å². The highest BCUT2D eigenvalue weighted by atomic mass is 127. The maximum absolute atomic E-state index is 12.6. The first-order chi connectivity index (χ1) is 5.15. The molecule has 0 saturated carbocycles. The van der Waals surface area contributed by atoms with Crippen molar-refractivity contribution in [3.8, 4) is 0 Å². The first kappa shape index (κ1) is 9.11. The van der Waals surface area contributed by atoms with Crippen LogP contribution in [-0.4, -0.2) is 4.98 Å². The smallest absolute Gasteiger partial charge is 0.205 e. The summed E-state index contributed by atoms with van der Waals surface area (Å²) in [6.07, 6.45) is 0. The Labute approximate surface area is 77.0 Å². The van der Waals surface area contributed by atoms with E-state index in [0.717, 1.165) is 8.93 Å². The van der Waals surface area contributed by atoms with E-state index in [4.69, 9.17) is 0 Å². The third-order valence-corrected chi connectivity index (χ3v) is 2.77. The van der Waals surface area contributed by atoms with Crippen molar-refractivity contribution in [1.29, 1.82) is 0 Å². The molecule has 0 atom stereocenters. The zero-order valence-electron chi connectivity index (χ0n) is 4.94. The Kier molecular flexibility index (Phi) is 2.99. The van der Waals surface area contributed by atoms with Crippen LogP contribution in [0, 0.1) is 17.7 Å². The lowest BCUT2D eigenvalue weighted by Crippen LogP contribution is -1.93. The zero-order valence-corrected chi connectivity index (χ0v) is 7.92. The number of rotatable bonds is 1. The van der Waals surface area contributed by atoms with Gasteiger partial charge in [-0.1, -0.05) is 0 Å². The summed E-state index contributed by atoms with van der Waals surface area (Å²) in [5.41, 5.74) is 0. The Hall–Kier alpha value is 0.0200. The van der Waals surface area contributed by atoms with Crippen molar-refractivity contribution in [3.63, 3.8) is 0 Å². The second-order valence-electron chi connectivity index (χ2n) is 1.62. The van der Waals surface area contributed by atoms with Crippen molar-refractivity contribution in [2.75, 3.05) is 0 Å². The van der Waals surface area contributed by atoms with Gasteiger partial charge in [-0.15, -0.1) is 0 Å². The third-order valence-electron chi connectivity index (χ3n) is 0.932. The van der Waals surface area contributed by atoms with E-state index in [1.807, 2.05) is 0 Å². The molecule has 11 heavy (non-hydrogen) atoms. The summed E-state index contributed by atoms with van der Waals surface area (Å²) in [7, 11) is 0.822. The van der Waals surface area contributed by atoms with Gasteiger partial charge in [0.15, 0.2) is 0 Å². The molecule has 0 N–H and O–H groups in total. The Bertz CT molecular complexity index is 257. The predicted molar refractivity (Wildman–Crippen MR) is 44.0 cm³/mol. The lowest BCUT2D eigenvalue weighted by atomic mass is 10.4. The predicted octanol–water partition coefficient (Wildman–Crippen LogP) is 2.94.